The average molecular weight is 266 g/mol. The van der Waals surface area contributed by atoms with E-state index in [2.05, 4.69) is 31.3 Å². The Balaban J connectivity index is 2.44. The van der Waals surface area contributed by atoms with E-state index in [1.54, 1.807) is 0 Å². The van der Waals surface area contributed by atoms with Gasteiger partial charge in [0.25, 0.3) is 0 Å². The molecule has 1 aromatic rings. The molecule has 100 valence electrons. The molecule has 0 aliphatic carbocycles. The molecule has 3 nitrogen and oxygen atoms in total. The van der Waals surface area contributed by atoms with Crippen molar-refractivity contribution in [1.82, 2.24) is 5.32 Å². The normalized spacial score (nSPS) is 12.7. The van der Waals surface area contributed by atoms with Crippen molar-refractivity contribution < 1.29 is 4.79 Å². The summed E-state index contributed by atoms with van der Waals surface area (Å²) in [6, 6.07) is 8.25. The van der Waals surface area contributed by atoms with Crippen molar-refractivity contribution in [1.29, 1.82) is 0 Å². The maximum absolute atomic E-state index is 11.0. The van der Waals surface area contributed by atoms with Gasteiger partial charge in [0.15, 0.2) is 0 Å². The minimum atomic E-state index is -0.275. The highest BCUT2D eigenvalue weighted by Crippen LogP contribution is 2.23. The summed E-state index contributed by atoms with van der Waals surface area (Å²) in [4.78, 5) is 12.0. The smallest absolute Gasteiger partial charge is 0.230 e. The summed E-state index contributed by atoms with van der Waals surface area (Å²) in [6.45, 7) is 8.12. The van der Waals surface area contributed by atoms with Gasteiger partial charge in [0, 0.05) is 11.4 Å². The molecular weight excluding hydrogens is 244 g/mol. The Hall–Kier alpha value is -1.00. The Morgan fingerprint density at radius 3 is 2.39 bits per heavy atom. The van der Waals surface area contributed by atoms with E-state index in [0.29, 0.717) is 5.92 Å². The largest absolute Gasteiger partial charge is 0.369 e. The van der Waals surface area contributed by atoms with Crippen LogP contribution >= 0.6 is 11.8 Å². The van der Waals surface area contributed by atoms with Crippen LogP contribution in [0.25, 0.3) is 0 Å². The predicted molar refractivity (Wildman–Crippen MR) is 77.5 cm³/mol. The highest BCUT2D eigenvalue weighted by Gasteiger charge is 2.09. The fourth-order valence-electron chi connectivity index (χ4n) is 1.45. The third kappa shape index (κ3) is 5.56. The molecule has 0 bridgehead atoms. The van der Waals surface area contributed by atoms with Crippen molar-refractivity contribution >= 4 is 17.7 Å². The number of carbonyl (C=O) groups excluding carboxylic acids is 1. The minimum Gasteiger partial charge on any atom is -0.369 e. The molecule has 0 aliphatic rings. The molecule has 0 aromatic heterocycles. The van der Waals surface area contributed by atoms with E-state index < -0.39 is 0 Å². The Bertz CT molecular complexity index is 376. The van der Waals surface area contributed by atoms with Crippen molar-refractivity contribution in [2.75, 3.05) is 6.54 Å². The molecule has 1 aromatic carbocycles. The van der Waals surface area contributed by atoms with Gasteiger partial charge in [-0.25, -0.2) is 0 Å². The first-order valence-electron chi connectivity index (χ1n) is 6.24. The fraction of sp³-hybridized carbons (Fsp3) is 0.500. The second kappa shape index (κ2) is 7.44. The summed E-state index contributed by atoms with van der Waals surface area (Å²) in [5.74, 6) is 0.388. The number of hydrogen-bond donors (Lipinski definition) is 2. The van der Waals surface area contributed by atoms with Gasteiger partial charge in [-0.1, -0.05) is 26.0 Å². The van der Waals surface area contributed by atoms with Gasteiger partial charge in [0.1, 0.15) is 0 Å². The van der Waals surface area contributed by atoms with E-state index in [9.17, 15) is 4.79 Å². The quantitative estimate of drug-likeness (QED) is 0.745. The van der Waals surface area contributed by atoms with Crippen LogP contribution in [0, 0.1) is 5.92 Å². The van der Waals surface area contributed by atoms with Gasteiger partial charge in [-0.05, 0) is 37.1 Å². The highest BCUT2D eigenvalue weighted by molar-refractivity contribution is 8.00. The van der Waals surface area contributed by atoms with Crippen LogP contribution in [0.15, 0.2) is 29.2 Å². The second-order valence-corrected chi connectivity index (χ2v) is 6.25. The molecule has 0 spiro atoms. The molecular formula is C14H22N2OS. The van der Waals surface area contributed by atoms with Crippen molar-refractivity contribution in [2.45, 2.75) is 37.5 Å². The number of amides is 1. The van der Waals surface area contributed by atoms with Crippen molar-refractivity contribution in [3.8, 4) is 0 Å². The van der Waals surface area contributed by atoms with E-state index in [-0.39, 0.29) is 11.2 Å². The summed E-state index contributed by atoms with van der Waals surface area (Å²) < 4.78 is 0. The molecule has 0 aliphatic heterocycles. The lowest BCUT2D eigenvalue weighted by Crippen LogP contribution is -2.22. The van der Waals surface area contributed by atoms with Crippen molar-refractivity contribution in [2.24, 2.45) is 11.7 Å². The summed E-state index contributed by atoms with van der Waals surface area (Å²) in [6.07, 6.45) is 0. The molecule has 1 amide bonds. The molecule has 18 heavy (non-hydrogen) atoms. The molecule has 3 N–H and O–H groups in total. The SMILES string of the molecule is CC(C)CNCc1ccc(SC(C)C(N)=O)cc1. The molecule has 0 saturated carbocycles. The lowest BCUT2D eigenvalue weighted by atomic mass is 10.2. The number of nitrogens with two attached hydrogens (primary N) is 1. The van der Waals surface area contributed by atoms with E-state index in [1.165, 1.54) is 17.3 Å². The van der Waals surface area contributed by atoms with E-state index in [1.807, 2.05) is 19.1 Å². The third-order valence-electron chi connectivity index (χ3n) is 2.52. The monoisotopic (exact) mass is 266 g/mol. The topological polar surface area (TPSA) is 55.1 Å². The van der Waals surface area contributed by atoms with Gasteiger partial charge in [-0.2, -0.15) is 0 Å². The van der Waals surface area contributed by atoms with Crippen LogP contribution in [0.5, 0.6) is 0 Å². The summed E-state index contributed by atoms with van der Waals surface area (Å²) in [7, 11) is 0. The number of nitrogens with one attached hydrogen (secondary N) is 1. The first-order valence-corrected chi connectivity index (χ1v) is 7.12. The Labute approximate surface area is 114 Å². The van der Waals surface area contributed by atoms with Crippen LogP contribution in [-0.2, 0) is 11.3 Å². The number of rotatable bonds is 7. The molecule has 1 atom stereocenters. The molecule has 1 unspecified atom stereocenters. The Morgan fingerprint density at radius 2 is 1.89 bits per heavy atom. The molecule has 0 fully saturated rings. The maximum Gasteiger partial charge on any atom is 0.230 e. The van der Waals surface area contributed by atoms with Crippen LogP contribution < -0.4 is 11.1 Å². The van der Waals surface area contributed by atoms with Gasteiger partial charge in [0.05, 0.1) is 5.25 Å². The average Bonchev–Trinajstić information content (AvgIpc) is 2.30. The Morgan fingerprint density at radius 1 is 1.28 bits per heavy atom. The van der Waals surface area contributed by atoms with Gasteiger partial charge in [0.2, 0.25) is 5.91 Å². The minimum absolute atomic E-state index is 0.185. The molecule has 0 radical (unpaired) electrons. The van der Waals surface area contributed by atoms with Crippen molar-refractivity contribution in [3.05, 3.63) is 29.8 Å². The molecule has 0 saturated heterocycles. The zero-order valence-corrected chi connectivity index (χ0v) is 12.1. The standard InChI is InChI=1S/C14H22N2OS/c1-10(2)8-16-9-12-4-6-13(7-5-12)18-11(3)14(15)17/h4-7,10-11,16H,8-9H2,1-3H3,(H2,15,17). The number of hydrogen-bond acceptors (Lipinski definition) is 3. The zero-order valence-electron chi connectivity index (χ0n) is 11.3. The Kier molecular flexibility index (Phi) is 6.22. The second-order valence-electron chi connectivity index (χ2n) is 4.83. The number of thioether (sulfide) groups is 1. The lowest BCUT2D eigenvalue weighted by Gasteiger charge is -2.09. The van der Waals surface area contributed by atoms with Crippen LogP contribution in [0.2, 0.25) is 0 Å². The van der Waals surface area contributed by atoms with Gasteiger partial charge in [-0.3, -0.25) is 4.79 Å². The highest BCUT2D eigenvalue weighted by atomic mass is 32.2. The van der Waals surface area contributed by atoms with E-state index in [0.717, 1.165) is 18.0 Å². The predicted octanol–water partition coefficient (Wildman–Crippen LogP) is 2.40. The lowest BCUT2D eigenvalue weighted by molar-refractivity contribution is -0.117. The first-order chi connectivity index (χ1) is 8.49. The zero-order chi connectivity index (χ0) is 13.5. The van der Waals surface area contributed by atoms with Crippen LogP contribution in [0.3, 0.4) is 0 Å². The van der Waals surface area contributed by atoms with Gasteiger partial charge >= 0.3 is 0 Å². The number of benzene rings is 1. The first kappa shape index (κ1) is 15.1. The van der Waals surface area contributed by atoms with Gasteiger partial charge < -0.3 is 11.1 Å². The molecule has 0 heterocycles. The van der Waals surface area contributed by atoms with E-state index >= 15 is 0 Å². The van der Waals surface area contributed by atoms with Crippen LogP contribution in [0.4, 0.5) is 0 Å². The molecule has 1 rings (SSSR count). The summed E-state index contributed by atoms with van der Waals surface area (Å²) >= 11 is 1.49. The molecule has 4 heteroatoms. The maximum atomic E-state index is 11.0. The van der Waals surface area contributed by atoms with Gasteiger partial charge in [-0.15, -0.1) is 11.8 Å². The van der Waals surface area contributed by atoms with E-state index in [4.69, 9.17) is 5.73 Å². The summed E-state index contributed by atoms with van der Waals surface area (Å²) in [5, 5.41) is 3.21. The summed E-state index contributed by atoms with van der Waals surface area (Å²) in [5.41, 5.74) is 6.49. The number of primary amides is 1. The fourth-order valence-corrected chi connectivity index (χ4v) is 2.27. The third-order valence-corrected chi connectivity index (χ3v) is 3.65. The van der Waals surface area contributed by atoms with Crippen LogP contribution in [-0.4, -0.2) is 17.7 Å². The van der Waals surface area contributed by atoms with Crippen LogP contribution in [0.1, 0.15) is 26.3 Å². The van der Waals surface area contributed by atoms with Crippen molar-refractivity contribution in [3.63, 3.8) is 0 Å². The number of carbonyl (C=O) groups is 1.